The van der Waals surface area contributed by atoms with Crippen LogP contribution in [0.5, 0.6) is 0 Å². The Labute approximate surface area is 107 Å². The number of anilines is 1. The van der Waals surface area contributed by atoms with Crippen LogP contribution in [0.15, 0.2) is 18.2 Å². The monoisotopic (exact) mass is 252 g/mol. The number of hydrogen-bond donors (Lipinski definition) is 1. The summed E-state index contributed by atoms with van der Waals surface area (Å²) in [5.41, 5.74) is 7.38. The fourth-order valence-corrected chi connectivity index (χ4v) is 2.77. The molecule has 2 rings (SSSR count). The van der Waals surface area contributed by atoms with Crippen molar-refractivity contribution in [3.05, 3.63) is 28.8 Å². The van der Waals surface area contributed by atoms with Crippen LogP contribution in [0.25, 0.3) is 0 Å². The van der Waals surface area contributed by atoms with Crippen LogP contribution in [0.1, 0.15) is 31.2 Å². The zero-order chi connectivity index (χ0) is 12.4. The number of rotatable bonds is 2. The highest BCUT2D eigenvalue weighted by atomic mass is 35.5. The third kappa shape index (κ3) is 2.55. The van der Waals surface area contributed by atoms with Crippen LogP contribution >= 0.6 is 11.6 Å². The lowest BCUT2D eigenvalue weighted by Crippen LogP contribution is -2.43. The lowest BCUT2D eigenvalue weighted by Gasteiger charge is -2.28. The molecular formula is C13H17ClN2O. The quantitative estimate of drug-likeness (QED) is 0.861. The van der Waals surface area contributed by atoms with E-state index in [1.54, 1.807) is 11.0 Å². The van der Waals surface area contributed by atoms with E-state index in [4.69, 9.17) is 17.3 Å². The smallest absolute Gasteiger partial charge is 0.319 e. The highest BCUT2D eigenvalue weighted by molar-refractivity contribution is 6.30. The molecule has 1 aliphatic rings. The molecular weight excluding hydrogens is 236 g/mol. The van der Waals surface area contributed by atoms with Gasteiger partial charge in [0.05, 0.1) is 0 Å². The number of benzene rings is 1. The predicted molar refractivity (Wildman–Crippen MR) is 70.5 cm³/mol. The van der Waals surface area contributed by atoms with Gasteiger partial charge >= 0.3 is 6.03 Å². The van der Waals surface area contributed by atoms with Crippen molar-refractivity contribution >= 4 is 23.3 Å². The number of primary amides is 1. The first kappa shape index (κ1) is 12.2. The average Bonchev–Trinajstić information content (AvgIpc) is 2.74. The molecule has 1 aliphatic carbocycles. The molecule has 17 heavy (non-hydrogen) atoms. The average molecular weight is 253 g/mol. The molecule has 0 unspecified atom stereocenters. The SMILES string of the molecule is Cc1cc(Cl)ccc1N(C(N)=O)C1CCCC1. The normalized spacial score (nSPS) is 16.1. The van der Waals surface area contributed by atoms with Crippen molar-refractivity contribution in [2.24, 2.45) is 5.73 Å². The summed E-state index contributed by atoms with van der Waals surface area (Å²) in [7, 11) is 0. The van der Waals surface area contributed by atoms with E-state index in [0.717, 1.165) is 24.1 Å². The number of nitrogens with two attached hydrogens (primary N) is 1. The van der Waals surface area contributed by atoms with E-state index < -0.39 is 0 Å². The van der Waals surface area contributed by atoms with Crippen LogP contribution in [-0.2, 0) is 0 Å². The number of hydrogen-bond acceptors (Lipinski definition) is 1. The van der Waals surface area contributed by atoms with Gasteiger partial charge in [-0.2, -0.15) is 0 Å². The summed E-state index contributed by atoms with van der Waals surface area (Å²) in [4.78, 5) is 13.4. The summed E-state index contributed by atoms with van der Waals surface area (Å²) in [5.74, 6) is 0. The summed E-state index contributed by atoms with van der Waals surface area (Å²) in [6.07, 6.45) is 4.40. The van der Waals surface area contributed by atoms with Gasteiger partial charge in [0.2, 0.25) is 0 Å². The van der Waals surface area contributed by atoms with Gasteiger partial charge in [-0.25, -0.2) is 4.79 Å². The molecule has 0 aliphatic heterocycles. The molecule has 0 saturated heterocycles. The summed E-state index contributed by atoms with van der Waals surface area (Å²) < 4.78 is 0. The van der Waals surface area contributed by atoms with E-state index >= 15 is 0 Å². The number of urea groups is 1. The highest BCUT2D eigenvalue weighted by Gasteiger charge is 2.27. The van der Waals surface area contributed by atoms with Gasteiger partial charge < -0.3 is 5.73 Å². The van der Waals surface area contributed by atoms with Gasteiger partial charge in [0.15, 0.2) is 0 Å². The second-order valence-corrected chi connectivity index (χ2v) is 5.01. The van der Waals surface area contributed by atoms with Crippen LogP contribution < -0.4 is 10.6 Å². The van der Waals surface area contributed by atoms with Gasteiger partial charge in [0.25, 0.3) is 0 Å². The van der Waals surface area contributed by atoms with Gasteiger partial charge in [-0.15, -0.1) is 0 Å². The molecule has 0 spiro atoms. The van der Waals surface area contributed by atoms with Crippen molar-refractivity contribution in [2.45, 2.75) is 38.6 Å². The highest BCUT2D eigenvalue weighted by Crippen LogP contribution is 2.31. The van der Waals surface area contributed by atoms with Crippen molar-refractivity contribution in [2.75, 3.05) is 4.90 Å². The Morgan fingerprint density at radius 1 is 1.41 bits per heavy atom. The Balaban J connectivity index is 2.35. The summed E-state index contributed by atoms with van der Waals surface area (Å²) in [6, 6.07) is 5.41. The van der Waals surface area contributed by atoms with Crippen molar-refractivity contribution in [1.82, 2.24) is 0 Å². The molecule has 2 N–H and O–H groups in total. The van der Waals surface area contributed by atoms with Crippen molar-refractivity contribution in [3.8, 4) is 0 Å². The molecule has 1 aromatic carbocycles. The number of amides is 2. The Kier molecular flexibility index (Phi) is 3.57. The minimum Gasteiger partial charge on any atom is -0.351 e. The molecule has 0 aromatic heterocycles. The van der Waals surface area contributed by atoms with Gasteiger partial charge in [-0.05, 0) is 43.5 Å². The molecule has 0 radical (unpaired) electrons. The standard InChI is InChI=1S/C13H17ClN2O/c1-9-8-10(14)6-7-12(9)16(13(15)17)11-4-2-3-5-11/h6-8,11H,2-5H2,1H3,(H2,15,17). The van der Waals surface area contributed by atoms with Gasteiger partial charge in [0.1, 0.15) is 0 Å². The molecule has 1 aromatic rings. The first-order valence-corrected chi connectivity index (χ1v) is 6.32. The fourth-order valence-electron chi connectivity index (χ4n) is 2.55. The molecule has 0 bridgehead atoms. The number of nitrogens with zero attached hydrogens (tertiary/aromatic N) is 1. The van der Waals surface area contributed by atoms with Crippen LogP contribution in [0.4, 0.5) is 10.5 Å². The zero-order valence-electron chi connectivity index (χ0n) is 9.95. The van der Waals surface area contributed by atoms with Crippen molar-refractivity contribution < 1.29 is 4.79 Å². The summed E-state index contributed by atoms with van der Waals surface area (Å²) >= 11 is 5.93. The Hall–Kier alpha value is -1.22. The maximum Gasteiger partial charge on any atom is 0.319 e. The van der Waals surface area contributed by atoms with E-state index in [-0.39, 0.29) is 12.1 Å². The van der Waals surface area contributed by atoms with E-state index in [0.29, 0.717) is 5.02 Å². The first-order chi connectivity index (χ1) is 8.09. The van der Waals surface area contributed by atoms with E-state index in [9.17, 15) is 4.79 Å². The fraction of sp³-hybridized carbons (Fsp3) is 0.462. The molecule has 3 nitrogen and oxygen atoms in total. The minimum atomic E-state index is -0.373. The Morgan fingerprint density at radius 3 is 2.59 bits per heavy atom. The number of carbonyl (C=O) groups excluding carboxylic acids is 1. The van der Waals surface area contributed by atoms with Crippen LogP contribution in [-0.4, -0.2) is 12.1 Å². The lowest BCUT2D eigenvalue weighted by atomic mass is 10.1. The molecule has 92 valence electrons. The minimum absolute atomic E-state index is 0.243. The van der Waals surface area contributed by atoms with Gasteiger partial charge in [-0.1, -0.05) is 24.4 Å². The Bertz CT molecular complexity index is 427. The number of aryl methyl sites for hydroxylation is 1. The Morgan fingerprint density at radius 2 is 2.06 bits per heavy atom. The summed E-state index contributed by atoms with van der Waals surface area (Å²) in [5, 5.41) is 0.682. The largest absolute Gasteiger partial charge is 0.351 e. The van der Waals surface area contributed by atoms with E-state index in [1.807, 2.05) is 19.1 Å². The number of halogens is 1. The second-order valence-electron chi connectivity index (χ2n) is 4.58. The van der Waals surface area contributed by atoms with Crippen LogP contribution in [0.2, 0.25) is 5.02 Å². The number of carbonyl (C=O) groups is 1. The zero-order valence-corrected chi connectivity index (χ0v) is 10.7. The van der Waals surface area contributed by atoms with Crippen LogP contribution in [0.3, 0.4) is 0 Å². The third-order valence-corrected chi connectivity index (χ3v) is 3.58. The maximum atomic E-state index is 11.6. The molecule has 0 atom stereocenters. The van der Waals surface area contributed by atoms with Crippen molar-refractivity contribution in [1.29, 1.82) is 0 Å². The summed E-state index contributed by atoms with van der Waals surface area (Å²) in [6.45, 7) is 1.95. The van der Waals surface area contributed by atoms with Crippen LogP contribution in [0, 0.1) is 6.92 Å². The predicted octanol–water partition coefficient (Wildman–Crippen LogP) is 3.48. The van der Waals surface area contributed by atoms with E-state index in [1.165, 1.54) is 12.8 Å². The van der Waals surface area contributed by atoms with Gasteiger partial charge in [0, 0.05) is 16.8 Å². The molecule has 0 heterocycles. The van der Waals surface area contributed by atoms with Crippen molar-refractivity contribution in [3.63, 3.8) is 0 Å². The second kappa shape index (κ2) is 4.96. The maximum absolute atomic E-state index is 11.6. The molecule has 4 heteroatoms. The lowest BCUT2D eigenvalue weighted by molar-refractivity contribution is 0.251. The molecule has 1 fully saturated rings. The molecule has 1 saturated carbocycles. The van der Waals surface area contributed by atoms with E-state index in [2.05, 4.69) is 0 Å². The topological polar surface area (TPSA) is 46.3 Å². The third-order valence-electron chi connectivity index (χ3n) is 3.35. The molecule has 2 amide bonds. The van der Waals surface area contributed by atoms with Gasteiger partial charge in [-0.3, -0.25) is 4.90 Å². The first-order valence-electron chi connectivity index (χ1n) is 5.94.